The van der Waals surface area contributed by atoms with Crippen molar-refractivity contribution in [3.63, 3.8) is 0 Å². The van der Waals surface area contributed by atoms with Crippen LogP contribution in [0.1, 0.15) is 46.6 Å². The van der Waals surface area contributed by atoms with Gasteiger partial charge in [-0.15, -0.1) is 13.9 Å². The predicted octanol–water partition coefficient (Wildman–Crippen LogP) is 1.68. The molecule has 1 aliphatic heterocycles. The molecule has 1 atom stereocenters. The van der Waals surface area contributed by atoms with E-state index >= 15 is 0 Å². The lowest BCUT2D eigenvalue weighted by atomic mass is 10.0. The van der Waals surface area contributed by atoms with Gasteiger partial charge in [0.05, 0.1) is 12.0 Å². The normalized spacial score (nSPS) is 16.3. The van der Waals surface area contributed by atoms with E-state index in [0.717, 1.165) is 12.1 Å². The lowest BCUT2D eigenvalue weighted by molar-refractivity contribution is -0.858. The van der Waals surface area contributed by atoms with Crippen molar-refractivity contribution in [2.45, 2.75) is 46.2 Å². The minimum atomic E-state index is -4.60. The van der Waals surface area contributed by atoms with Crippen molar-refractivity contribution in [1.29, 1.82) is 0 Å². The molecule has 1 aromatic carbocycles. The number of likely N-dealkylation sites (N-methyl/N-ethyl adjacent to an activating group) is 1. The van der Waals surface area contributed by atoms with Crippen molar-refractivity contribution in [3.8, 4) is 0 Å². The Hall–Kier alpha value is -3.77. The van der Waals surface area contributed by atoms with E-state index in [1.165, 1.54) is 24.8 Å². The standard InChI is InChI=1S/C23H24F4N4O5/c1-5-30-12(2)10-29(11-19(30)32)21(34)16-8-15(6-7-17(16)24)9-18-13(3)14(4)20(33)28-31(18)23(25,26)22(35)36-27/h6-8,12H,5,9-11H2,1-4H3/p+1. The van der Waals surface area contributed by atoms with Crippen LogP contribution in [0, 0.1) is 19.7 Å². The molecule has 1 fully saturated rings. The van der Waals surface area contributed by atoms with Crippen LogP contribution >= 0.6 is 0 Å². The topological polar surface area (TPSA) is 104 Å². The first-order valence-electron chi connectivity index (χ1n) is 11.1. The van der Waals surface area contributed by atoms with E-state index < -0.39 is 35.7 Å². The molecule has 0 radical (unpaired) electrons. The Morgan fingerprint density at radius 3 is 2.47 bits per heavy atom. The van der Waals surface area contributed by atoms with Crippen LogP contribution in [0.25, 0.3) is 0 Å². The number of halogens is 4. The number of nitrogens with one attached hydrogen (secondary N) is 1. The summed E-state index contributed by atoms with van der Waals surface area (Å²) in [5.74, 6) is -4.47. The highest BCUT2D eigenvalue weighted by Gasteiger charge is 2.57. The van der Waals surface area contributed by atoms with E-state index in [4.69, 9.17) is 0 Å². The van der Waals surface area contributed by atoms with Gasteiger partial charge in [-0.3, -0.25) is 14.4 Å². The Morgan fingerprint density at radius 1 is 1.22 bits per heavy atom. The third kappa shape index (κ3) is 4.82. The molecule has 2 aromatic rings. The van der Waals surface area contributed by atoms with Crippen molar-refractivity contribution >= 4 is 17.8 Å². The average molecular weight is 513 g/mol. The van der Waals surface area contributed by atoms with Crippen molar-refractivity contribution in [2.24, 2.45) is 0 Å². The van der Waals surface area contributed by atoms with Crippen molar-refractivity contribution in [2.75, 3.05) is 19.6 Å². The van der Waals surface area contributed by atoms with Gasteiger partial charge in [0.25, 0.3) is 5.91 Å². The Labute approximate surface area is 203 Å². The summed E-state index contributed by atoms with van der Waals surface area (Å²) in [5, 5.41) is 1.83. The third-order valence-corrected chi connectivity index (χ3v) is 6.34. The number of hydrogen-bond donors (Lipinski definition) is 1. The van der Waals surface area contributed by atoms with Crippen molar-refractivity contribution < 1.29 is 41.7 Å². The van der Waals surface area contributed by atoms with Crippen LogP contribution in [0.15, 0.2) is 23.0 Å². The van der Waals surface area contributed by atoms with Gasteiger partial charge in [-0.25, -0.2) is 14.1 Å². The fraction of sp³-hybridized carbons (Fsp3) is 0.435. The molecule has 0 bridgehead atoms. The summed E-state index contributed by atoms with van der Waals surface area (Å²) in [5.41, 5.74) is -1.31. The SMILES string of the molecule is CCN1C(=O)CN(C(=O)c2cc(Cc3c(C)c(C)c(=O)[nH][n+]3C(F)(F)C(=O)OF)ccc2F)CC1C. The molecule has 1 N–H and O–H groups in total. The zero-order valence-corrected chi connectivity index (χ0v) is 20.0. The van der Waals surface area contributed by atoms with Gasteiger partial charge >= 0.3 is 17.6 Å². The van der Waals surface area contributed by atoms with Gasteiger partial charge in [-0.05, 0) is 50.1 Å². The van der Waals surface area contributed by atoms with Crippen LogP contribution < -0.4 is 10.2 Å². The third-order valence-electron chi connectivity index (χ3n) is 6.34. The molecular formula is C23H25F4N4O5+. The molecule has 2 heterocycles. The van der Waals surface area contributed by atoms with E-state index in [9.17, 15) is 36.9 Å². The van der Waals surface area contributed by atoms with Gasteiger partial charge in [0.15, 0.2) is 0 Å². The highest BCUT2D eigenvalue weighted by molar-refractivity contribution is 5.97. The number of alkyl halides is 2. The second kappa shape index (κ2) is 10.1. The van der Waals surface area contributed by atoms with Crippen LogP contribution in [-0.4, -0.2) is 58.4 Å². The minimum Gasteiger partial charge on any atom is -0.337 e. The summed E-state index contributed by atoms with van der Waals surface area (Å²) in [6.07, 6.45) is -0.391. The smallest absolute Gasteiger partial charge is 0.337 e. The maximum Gasteiger partial charge on any atom is 0.590 e. The Balaban J connectivity index is 2.02. The summed E-state index contributed by atoms with van der Waals surface area (Å²) in [4.78, 5) is 54.4. The summed E-state index contributed by atoms with van der Waals surface area (Å²) in [6, 6.07) is -1.52. The second-order valence-electron chi connectivity index (χ2n) is 8.58. The first kappa shape index (κ1) is 26.8. The zero-order valence-electron chi connectivity index (χ0n) is 20.0. The van der Waals surface area contributed by atoms with Gasteiger partial charge in [0.2, 0.25) is 11.6 Å². The average Bonchev–Trinajstić information content (AvgIpc) is 2.83. The number of amides is 2. The summed E-state index contributed by atoms with van der Waals surface area (Å²) in [7, 11) is 0. The van der Waals surface area contributed by atoms with Crippen molar-refractivity contribution in [3.05, 3.63) is 62.3 Å². The molecule has 36 heavy (non-hydrogen) atoms. The van der Waals surface area contributed by atoms with E-state index in [2.05, 4.69) is 4.94 Å². The highest BCUT2D eigenvalue weighted by Crippen LogP contribution is 2.22. The zero-order chi connectivity index (χ0) is 26.9. The first-order valence-corrected chi connectivity index (χ1v) is 11.1. The number of rotatable bonds is 6. The molecule has 1 saturated heterocycles. The number of H-pyrrole nitrogens is 1. The molecule has 1 aromatic heterocycles. The lowest BCUT2D eigenvalue weighted by Gasteiger charge is -2.39. The molecule has 13 heteroatoms. The Kier molecular flexibility index (Phi) is 7.51. The molecule has 194 valence electrons. The minimum absolute atomic E-state index is 0.0605. The first-order chi connectivity index (χ1) is 16.8. The summed E-state index contributed by atoms with van der Waals surface area (Å²) in [6.45, 7) is 6.68. The number of carbonyl (C=O) groups excluding carboxylic acids is 3. The quantitative estimate of drug-likeness (QED) is 0.468. The highest BCUT2D eigenvalue weighted by atomic mass is 19.3. The van der Waals surface area contributed by atoms with Crippen LogP contribution in [-0.2, 0) is 27.0 Å². The molecule has 1 unspecified atom stereocenters. The summed E-state index contributed by atoms with van der Waals surface area (Å²) >= 11 is 0. The number of carbonyl (C=O) groups is 3. The predicted molar refractivity (Wildman–Crippen MR) is 116 cm³/mol. The molecule has 9 nitrogen and oxygen atoms in total. The molecular weight excluding hydrogens is 488 g/mol. The van der Waals surface area contributed by atoms with Gasteiger partial charge in [-0.2, -0.15) is 0 Å². The van der Waals surface area contributed by atoms with Crippen LogP contribution in [0.3, 0.4) is 0 Å². The Bertz CT molecular complexity index is 1280. The second-order valence-corrected chi connectivity index (χ2v) is 8.58. The molecule has 2 amide bonds. The van der Waals surface area contributed by atoms with Gasteiger partial charge in [0.1, 0.15) is 12.4 Å². The maximum absolute atomic E-state index is 14.6. The largest absolute Gasteiger partial charge is 0.590 e. The van der Waals surface area contributed by atoms with Crippen molar-refractivity contribution in [1.82, 2.24) is 14.9 Å². The molecule has 0 spiro atoms. The number of benzene rings is 1. The molecule has 0 saturated carbocycles. The van der Waals surface area contributed by atoms with E-state index in [0.29, 0.717) is 6.54 Å². The van der Waals surface area contributed by atoms with Crippen LogP contribution in [0.5, 0.6) is 0 Å². The van der Waals surface area contributed by atoms with E-state index in [1.807, 2.05) is 5.10 Å². The summed E-state index contributed by atoms with van der Waals surface area (Å²) < 4.78 is 56.0. The van der Waals surface area contributed by atoms with E-state index in [1.54, 1.807) is 18.7 Å². The number of aromatic amines is 1. The fourth-order valence-electron chi connectivity index (χ4n) is 4.23. The van der Waals surface area contributed by atoms with Gasteiger partial charge in [-0.1, -0.05) is 6.07 Å². The number of aromatic nitrogens is 2. The van der Waals surface area contributed by atoms with E-state index in [-0.39, 0.29) is 57.7 Å². The van der Waals surface area contributed by atoms with Crippen LogP contribution in [0.2, 0.25) is 0 Å². The van der Waals surface area contributed by atoms with Crippen LogP contribution in [0.4, 0.5) is 17.7 Å². The Morgan fingerprint density at radius 2 is 1.89 bits per heavy atom. The van der Waals surface area contributed by atoms with Gasteiger partial charge in [0, 0.05) is 34.8 Å². The molecule has 3 rings (SSSR count). The number of nitrogens with zero attached hydrogens (tertiary/aromatic N) is 3. The maximum atomic E-state index is 14.6. The number of hydrogen-bond acceptors (Lipinski definition) is 5. The fourth-order valence-corrected chi connectivity index (χ4v) is 4.23. The lowest BCUT2D eigenvalue weighted by Crippen LogP contribution is -2.63. The van der Waals surface area contributed by atoms with Gasteiger partial charge < -0.3 is 9.80 Å². The number of piperazine rings is 1. The monoisotopic (exact) mass is 513 g/mol. The molecule has 0 aliphatic carbocycles. The molecule has 1 aliphatic rings.